The highest BCUT2D eigenvalue weighted by Gasteiger charge is 2.25. The van der Waals surface area contributed by atoms with E-state index < -0.39 is 14.9 Å². The number of non-ortho nitro benzene ring substituents is 1. The number of nitriles is 1. The quantitative estimate of drug-likeness (QED) is 0.451. The lowest BCUT2D eigenvalue weighted by atomic mass is 10.2. The largest absolute Gasteiger partial charge is 0.269 e. The Morgan fingerprint density at radius 2 is 1.90 bits per heavy atom. The van der Waals surface area contributed by atoms with Gasteiger partial charge in [0.25, 0.3) is 5.69 Å². The van der Waals surface area contributed by atoms with E-state index in [1.165, 1.54) is 24.3 Å². The molecule has 1 aromatic carbocycles. The van der Waals surface area contributed by atoms with Crippen LogP contribution in [0.15, 0.2) is 24.3 Å². The Morgan fingerprint density at radius 3 is 2.30 bits per heavy atom. The van der Waals surface area contributed by atoms with Crippen molar-refractivity contribution in [3.8, 4) is 6.07 Å². The second kappa shape index (κ2) is 6.45. The van der Waals surface area contributed by atoms with Crippen molar-refractivity contribution in [3.63, 3.8) is 0 Å². The molecule has 0 bridgehead atoms. The molecule has 1 aromatic rings. The monoisotopic (exact) mass is 297 g/mol. The maximum atomic E-state index is 12.2. The summed E-state index contributed by atoms with van der Waals surface area (Å²) in [6, 6.07) is 6.83. The maximum absolute atomic E-state index is 12.2. The molecule has 0 unspecified atom stereocenters. The summed E-state index contributed by atoms with van der Waals surface area (Å²) in [5.74, 6) is -0.287. The van der Waals surface area contributed by atoms with Gasteiger partial charge in [0.2, 0.25) is 10.0 Å². The normalized spacial score (nSPS) is 11.6. The number of nitro benzene ring substituents is 1. The van der Waals surface area contributed by atoms with Gasteiger partial charge in [0.15, 0.2) is 0 Å². The van der Waals surface area contributed by atoms with Crippen LogP contribution < -0.4 is 0 Å². The Labute approximate surface area is 117 Å². The lowest BCUT2D eigenvalue weighted by molar-refractivity contribution is -0.384. The molecule has 1 rings (SSSR count). The van der Waals surface area contributed by atoms with E-state index in [4.69, 9.17) is 5.26 Å². The van der Waals surface area contributed by atoms with E-state index in [-0.39, 0.29) is 24.0 Å². The van der Waals surface area contributed by atoms with Crippen LogP contribution in [0.3, 0.4) is 0 Å². The Morgan fingerprint density at radius 1 is 1.35 bits per heavy atom. The summed E-state index contributed by atoms with van der Waals surface area (Å²) in [5, 5.41) is 19.2. The van der Waals surface area contributed by atoms with E-state index in [0.717, 1.165) is 4.31 Å². The minimum absolute atomic E-state index is 0.0936. The highest BCUT2D eigenvalue weighted by Crippen LogP contribution is 2.17. The van der Waals surface area contributed by atoms with Crippen LogP contribution in [-0.4, -0.2) is 30.2 Å². The molecular weight excluding hydrogens is 282 g/mol. The van der Waals surface area contributed by atoms with Crippen molar-refractivity contribution in [1.29, 1.82) is 5.26 Å². The van der Waals surface area contributed by atoms with Crippen LogP contribution in [0.4, 0.5) is 5.69 Å². The van der Waals surface area contributed by atoms with Gasteiger partial charge in [0.1, 0.15) is 6.54 Å². The van der Waals surface area contributed by atoms with E-state index in [9.17, 15) is 18.5 Å². The molecule has 8 heteroatoms. The molecule has 0 amide bonds. The molecule has 7 nitrogen and oxygen atoms in total. The van der Waals surface area contributed by atoms with Gasteiger partial charge in [-0.05, 0) is 19.4 Å². The lowest BCUT2D eigenvalue weighted by Gasteiger charge is -2.23. The fourth-order valence-electron chi connectivity index (χ4n) is 1.68. The number of benzene rings is 1. The molecule has 0 aliphatic heterocycles. The zero-order valence-corrected chi connectivity index (χ0v) is 12.0. The van der Waals surface area contributed by atoms with Gasteiger partial charge in [-0.25, -0.2) is 8.42 Å². The minimum atomic E-state index is -3.63. The SMILES string of the molecule is CC(C)N(CC#N)S(=O)(=O)Cc1ccc([N+](=O)[O-])cc1. The third kappa shape index (κ3) is 4.01. The fraction of sp³-hybridized carbons (Fsp3) is 0.417. The third-order valence-electron chi connectivity index (χ3n) is 2.66. The first-order valence-electron chi connectivity index (χ1n) is 5.87. The third-order valence-corrected chi connectivity index (χ3v) is 4.62. The van der Waals surface area contributed by atoms with E-state index >= 15 is 0 Å². The Bertz CT molecular complexity index is 617. The minimum Gasteiger partial charge on any atom is -0.258 e. The van der Waals surface area contributed by atoms with Gasteiger partial charge in [0.05, 0.1) is 16.7 Å². The van der Waals surface area contributed by atoms with Crippen molar-refractivity contribution in [1.82, 2.24) is 4.31 Å². The summed E-state index contributed by atoms with van der Waals surface area (Å²) in [6.07, 6.45) is 0. The van der Waals surface area contributed by atoms with Gasteiger partial charge < -0.3 is 0 Å². The van der Waals surface area contributed by atoms with Crippen LogP contribution in [0.1, 0.15) is 19.4 Å². The Hall–Kier alpha value is -1.98. The van der Waals surface area contributed by atoms with Gasteiger partial charge in [-0.2, -0.15) is 9.57 Å². The number of hydrogen-bond acceptors (Lipinski definition) is 5. The van der Waals surface area contributed by atoms with Gasteiger partial charge in [-0.1, -0.05) is 12.1 Å². The molecule has 0 heterocycles. The van der Waals surface area contributed by atoms with Crippen molar-refractivity contribution >= 4 is 15.7 Å². The standard InChI is InChI=1S/C12H15N3O4S/c1-10(2)14(8-7-13)20(18,19)9-11-3-5-12(6-4-11)15(16)17/h3-6,10H,8-9H2,1-2H3. The van der Waals surface area contributed by atoms with Gasteiger partial charge in [-0.15, -0.1) is 0 Å². The van der Waals surface area contributed by atoms with Crippen molar-refractivity contribution in [2.75, 3.05) is 6.54 Å². The summed E-state index contributed by atoms with van der Waals surface area (Å²) in [4.78, 5) is 9.98. The summed E-state index contributed by atoms with van der Waals surface area (Å²) in [6.45, 7) is 3.16. The van der Waals surface area contributed by atoms with Crippen molar-refractivity contribution in [2.24, 2.45) is 0 Å². The van der Waals surface area contributed by atoms with Crippen LogP contribution in [-0.2, 0) is 15.8 Å². The first-order valence-corrected chi connectivity index (χ1v) is 7.48. The molecule has 0 N–H and O–H groups in total. The van der Waals surface area contributed by atoms with Crippen LogP contribution in [0.25, 0.3) is 0 Å². The molecule has 0 saturated heterocycles. The van der Waals surface area contributed by atoms with Crippen LogP contribution in [0.5, 0.6) is 0 Å². The second-order valence-corrected chi connectivity index (χ2v) is 6.40. The maximum Gasteiger partial charge on any atom is 0.269 e. The molecule has 0 saturated carbocycles. The molecule has 0 aromatic heterocycles. The summed E-state index contributed by atoms with van der Waals surface area (Å²) in [5.41, 5.74) is 0.350. The average molecular weight is 297 g/mol. The van der Waals surface area contributed by atoms with Gasteiger partial charge >= 0.3 is 0 Å². The van der Waals surface area contributed by atoms with Gasteiger partial charge in [0, 0.05) is 18.2 Å². The van der Waals surface area contributed by atoms with Gasteiger partial charge in [-0.3, -0.25) is 10.1 Å². The molecule has 0 radical (unpaired) electrons. The lowest BCUT2D eigenvalue weighted by Crippen LogP contribution is -2.38. The number of nitrogens with zero attached hydrogens (tertiary/aromatic N) is 3. The second-order valence-electron chi connectivity index (χ2n) is 4.48. The molecule has 0 fully saturated rings. The number of rotatable bonds is 6. The molecule has 108 valence electrons. The molecule has 0 spiro atoms. The van der Waals surface area contributed by atoms with Crippen LogP contribution >= 0.6 is 0 Å². The van der Waals surface area contributed by atoms with Crippen LogP contribution in [0, 0.1) is 21.4 Å². The summed E-state index contributed by atoms with van der Waals surface area (Å²) >= 11 is 0. The van der Waals surface area contributed by atoms with E-state index in [0.29, 0.717) is 5.56 Å². The molecular formula is C12H15N3O4S. The highest BCUT2D eigenvalue weighted by molar-refractivity contribution is 7.88. The molecule has 0 atom stereocenters. The van der Waals surface area contributed by atoms with E-state index in [2.05, 4.69) is 0 Å². The van der Waals surface area contributed by atoms with E-state index in [1.807, 2.05) is 6.07 Å². The summed E-state index contributed by atoms with van der Waals surface area (Å²) < 4.78 is 25.5. The van der Waals surface area contributed by atoms with Crippen molar-refractivity contribution in [3.05, 3.63) is 39.9 Å². The molecule has 0 aliphatic rings. The topological polar surface area (TPSA) is 104 Å². The number of nitro groups is 1. The Kier molecular flexibility index (Phi) is 5.19. The first-order chi connectivity index (χ1) is 9.27. The molecule has 20 heavy (non-hydrogen) atoms. The Balaban J connectivity index is 2.95. The fourth-order valence-corrected chi connectivity index (χ4v) is 3.36. The zero-order chi connectivity index (χ0) is 15.3. The predicted molar refractivity (Wildman–Crippen MR) is 73.2 cm³/mol. The average Bonchev–Trinajstić information content (AvgIpc) is 2.35. The molecule has 0 aliphatic carbocycles. The smallest absolute Gasteiger partial charge is 0.258 e. The highest BCUT2D eigenvalue weighted by atomic mass is 32.2. The van der Waals surface area contributed by atoms with Crippen molar-refractivity contribution in [2.45, 2.75) is 25.6 Å². The zero-order valence-electron chi connectivity index (χ0n) is 11.2. The van der Waals surface area contributed by atoms with E-state index in [1.54, 1.807) is 13.8 Å². The summed E-state index contributed by atoms with van der Waals surface area (Å²) in [7, 11) is -3.63. The predicted octanol–water partition coefficient (Wildman–Crippen LogP) is 1.66. The number of sulfonamides is 1. The van der Waals surface area contributed by atoms with Crippen LogP contribution in [0.2, 0.25) is 0 Å². The van der Waals surface area contributed by atoms with Crippen molar-refractivity contribution < 1.29 is 13.3 Å². The number of hydrogen-bond donors (Lipinski definition) is 0. The first kappa shape index (κ1) is 16.1.